The highest BCUT2D eigenvalue weighted by atomic mass is 32.2. The van der Waals surface area contributed by atoms with Crippen molar-refractivity contribution in [2.24, 2.45) is 4.40 Å². The first-order valence-corrected chi connectivity index (χ1v) is 9.18. The number of carbonyl (C=O) groups is 1. The zero-order valence-electron chi connectivity index (χ0n) is 15.8. The van der Waals surface area contributed by atoms with Crippen LogP contribution in [0.2, 0.25) is 0 Å². The summed E-state index contributed by atoms with van der Waals surface area (Å²) in [6.07, 6.45) is 1.19. The second-order valence-corrected chi connectivity index (χ2v) is 9.71. The van der Waals surface area contributed by atoms with Crippen LogP contribution in [0.4, 0.5) is 4.79 Å². The van der Waals surface area contributed by atoms with E-state index in [0.29, 0.717) is 22.4 Å². The molecule has 0 N–H and O–H groups in total. The van der Waals surface area contributed by atoms with E-state index in [2.05, 4.69) is 9.38 Å². The molecule has 0 aliphatic heterocycles. The molecule has 0 amide bonds. The van der Waals surface area contributed by atoms with Gasteiger partial charge in [-0.05, 0) is 66.7 Å². The van der Waals surface area contributed by atoms with E-state index in [1.54, 1.807) is 31.3 Å². The molecule has 1 unspecified atom stereocenters. The van der Waals surface area contributed by atoms with Crippen molar-refractivity contribution in [3.63, 3.8) is 0 Å². The van der Waals surface area contributed by atoms with Crippen LogP contribution in [0.3, 0.4) is 0 Å². The third-order valence-electron chi connectivity index (χ3n) is 3.25. The number of hydrogen-bond donors (Lipinski definition) is 0. The van der Waals surface area contributed by atoms with Crippen LogP contribution in [0, 0.1) is 0 Å². The molecule has 0 aliphatic carbocycles. The van der Waals surface area contributed by atoms with Crippen LogP contribution in [0.1, 0.15) is 54.2 Å². The summed E-state index contributed by atoms with van der Waals surface area (Å²) in [6, 6.07) is 5.30. The second kappa shape index (κ2) is 6.80. The molecule has 136 valence electrons. The molecule has 0 radical (unpaired) electrons. The van der Waals surface area contributed by atoms with Gasteiger partial charge in [0.15, 0.2) is 0 Å². The van der Waals surface area contributed by atoms with Gasteiger partial charge in [0.2, 0.25) is 0 Å². The van der Waals surface area contributed by atoms with Gasteiger partial charge in [-0.1, -0.05) is 4.40 Å². The topological polar surface area (TPSA) is 79.5 Å². The first-order valence-electron chi connectivity index (χ1n) is 8.07. The molecule has 0 aromatic carbocycles. The van der Waals surface area contributed by atoms with Gasteiger partial charge >= 0.3 is 6.09 Å². The Morgan fingerprint density at radius 1 is 1.20 bits per heavy atom. The van der Waals surface area contributed by atoms with Crippen LogP contribution in [0.25, 0.3) is 11.0 Å². The molecule has 0 saturated heterocycles. The van der Waals surface area contributed by atoms with Crippen LogP contribution in [-0.2, 0) is 16.1 Å². The van der Waals surface area contributed by atoms with Gasteiger partial charge in [0.05, 0.1) is 16.7 Å². The summed E-state index contributed by atoms with van der Waals surface area (Å²) in [6.45, 7) is 12.9. The third-order valence-corrected chi connectivity index (χ3v) is 4.74. The number of hydrogen-bond acceptors (Lipinski definition) is 5. The van der Waals surface area contributed by atoms with Crippen molar-refractivity contribution in [3.8, 4) is 0 Å². The van der Waals surface area contributed by atoms with Crippen LogP contribution in [-0.4, -0.2) is 36.3 Å². The minimum Gasteiger partial charge on any atom is -0.591 e. The first-order chi connectivity index (χ1) is 11.4. The van der Waals surface area contributed by atoms with Gasteiger partial charge in [-0.15, -0.1) is 0 Å². The number of pyridine rings is 1. The average molecular weight is 363 g/mol. The van der Waals surface area contributed by atoms with Crippen molar-refractivity contribution in [2.75, 3.05) is 0 Å². The molecule has 0 spiro atoms. The smallest absolute Gasteiger partial charge is 0.419 e. The molecule has 6 nitrogen and oxygen atoms in total. The average Bonchev–Trinajstić information content (AvgIpc) is 2.87. The monoisotopic (exact) mass is 363 g/mol. The first kappa shape index (κ1) is 19.5. The van der Waals surface area contributed by atoms with Crippen molar-refractivity contribution in [1.82, 2.24) is 9.55 Å². The van der Waals surface area contributed by atoms with Crippen LogP contribution < -0.4 is 0 Å². The Labute approximate surface area is 151 Å². The van der Waals surface area contributed by atoms with E-state index in [1.807, 2.05) is 41.5 Å². The Kier molecular flexibility index (Phi) is 5.30. The van der Waals surface area contributed by atoms with Gasteiger partial charge in [-0.2, -0.15) is 0 Å². The molecule has 2 aromatic rings. The van der Waals surface area contributed by atoms with E-state index in [0.717, 1.165) is 0 Å². The number of carbonyl (C=O) groups excluding carboxylic acids is 1. The fourth-order valence-corrected chi connectivity index (χ4v) is 2.62. The van der Waals surface area contributed by atoms with Gasteiger partial charge in [-0.3, -0.25) is 4.57 Å². The fraction of sp³-hybridized carbons (Fsp3) is 0.500. The van der Waals surface area contributed by atoms with Gasteiger partial charge in [-0.25, -0.2) is 9.78 Å². The van der Waals surface area contributed by atoms with E-state index < -0.39 is 27.8 Å². The molecule has 7 heteroatoms. The van der Waals surface area contributed by atoms with Crippen molar-refractivity contribution < 1.29 is 14.1 Å². The standard InChI is InChI=1S/C18H25N3O3S/c1-12(20-25(23)18(5,6)7)13-8-9-15-14(19-13)10-11-21(15)16(22)24-17(2,3)4/h8-11H,1-7H3/b20-12-. The van der Waals surface area contributed by atoms with Crippen molar-refractivity contribution in [3.05, 3.63) is 30.1 Å². The number of rotatable bonds is 2. The SMILES string of the molecule is C/C(=N/[S+]([O-])C(C)(C)C)c1ccc2c(ccn2C(=O)OC(C)(C)C)n1. The largest absolute Gasteiger partial charge is 0.591 e. The van der Waals surface area contributed by atoms with E-state index in [4.69, 9.17) is 4.74 Å². The summed E-state index contributed by atoms with van der Waals surface area (Å²) >= 11 is -1.35. The summed E-state index contributed by atoms with van der Waals surface area (Å²) in [4.78, 5) is 16.8. The highest BCUT2D eigenvalue weighted by Gasteiger charge is 2.27. The molecule has 2 heterocycles. The summed E-state index contributed by atoms with van der Waals surface area (Å²) in [5.41, 5.74) is 1.97. The van der Waals surface area contributed by atoms with E-state index in [1.165, 1.54) is 4.57 Å². The normalized spacial score (nSPS) is 14.6. The Bertz CT molecular complexity index is 813. The zero-order chi connectivity index (χ0) is 19.0. The molecule has 2 rings (SSSR count). The van der Waals surface area contributed by atoms with E-state index >= 15 is 0 Å². The maximum absolute atomic E-state index is 12.3. The molecule has 0 saturated carbocycles. The third kappa shape index (κ3) is 4.83. The van der Waals surface area contributed by atoms with Gasteiger partial charge in [0.1, 0.15) is 27.4 Å². The highest BCUT2D eigenvalue weighted by molar-refractivity contribution is 7.91. The molecule has 25 heavy (non-hydrogen) atoms. The Morgan fingerprint density at radius 2 is 1.84 bits per heavy atom. The number of fused-ring (bicyclic) bond motifs is 1. The minimum absolute atomic E-state index is 0.425. The lowest BCUT2D eigenvalue weighted by Crippen LogP contribution is -2.27. The minimum atomic E-state index is -1.35. The molecular weight excluding hydrogens is 338 g/mol. The fourth-order valence-electron chi connectivity index (χ4n) is 2.00. The number of nitrogens with zero attached hydrogens (tertiary/aromatic N) is 3. The van der Waals surface area contributed by atoms with Gasteiger partial charge < -0.3 is 9.29 Å². The predicted octanol–water partition coefficient (Wildman–Crippen LogP) is 4.09. The van der Waals surface area contributed by atoms with E-state index in [-0.39, 0.29) is 0 Å². The lowest BCUT2D eigenvalue weighted by molar-refractivity contribution is 0.0544. The van der Waals surface area contributed by atoms with Gasteiger partial charge in [0, 0.05) is 6.20 Å². The molecule has 1 atom stereocenters. The highest BCUT2D eigenvalue weighted by Crippen LogP contribution is 2.20. The van der Waals surface area contributed by atoms with Crippen LogP contribution in [0.15, 0.2) is 28.8 Å². The lowest BCUT2D eigenvalue weighted by atomic mass is 10.2. The Morgan fingerprint density at radius 3 is 2.40 bits per heavy atom. The maximum Gasteiger partial charge on any atom is 0.419 e. The van der Waals surface area contributed by atoms with Crippen molar-refractivity contribution in [2.45, 2.75) is 58.8 Å². The molecule has 0 aliphatic rings. The predicted molar refractivity (Wildman–Crippen MR) is 101 cm³/mol. The molecule has 2 aromatic heterocycles. The second-order valence-electron chi connectivity index (χ2n) is 7.81. The van der Waals surface area contributed by atoms with Crippen LogP contribution >= 0.6 is 0 Å². The maximum atomic E-state index is 12.3. The van der Waals surface area contributed by atoms with Crippen molar-refractivity contribution in [1.29, 1.82) is 0 Å². The molecule has 0 fully saturated rings. The number of aromatic nitrogens is 2. The Hall–Kier alpha value is -1.86. The van der Waals surface area contributed by atoms with Crippen molar-refractivity contribution >= 4 is 34.2 Å². The molecular formula is C18H25N3O3S. The Balaban J connectivity index is 2.33. The molecule has 0 bridgehead atoms. The number of ether oxygens (including phenoxy) is 1. The lowest BCUT2D eigenvalue weighted by Gasteiger charge is -2.19. The summed E-state index contributed by atoms with van der Waals surface area (Å²) in [5.74, 6) is 0. The summed E-state index contributed by atoms with van der Waals surface area (Å²) in [5, 5.41) is 0. The zero-order valence-corrected chi connectivity index (χ0v) is 16.6. The van der Waals surface area contributed by atoms with Crippen LogP contribution in [0.5, 0.6) is 0 Å². The summed E-state index contributed by atoms with van der Waals surface area (Å²) < 4.78 is 22.8. The van der Waals surface area contributed by atoms with E-state index in [9.17, 15) is 9.35 Å². The quantitative estimate of drug-likeness (QED) is 0.594. The van der Waals surface area contributed by atoms with Gasteiger partial charge in [0.25, 0.3) is 0 Å². The summed E-state index contributed by atoms with van der Waals surface area (Å²) in [7, 11) is 0.